The van der Waals surface area contributed by atoms with E-state index in [0.29, 0.717) is 22.3 Å². The van der Waals surface area contributed by atoms with E-state index >= 15 is 0 Å². The molecule has 0 saturated carbocycles. The lowest BCUT2D eigenvalue weighted by atomic mass is 10.2. The van der Waals surface area contributed by atoms with Gasteiger partial charge >= 0.3 is 0 Å². The first-order chi connectivity index (χ1) is 13.3. The number of amides is 2. The van der Waals surface area contributed by atoms with E-state index in [2.05, 4.69) is 15.6 Å². The van der Waals surface area contributed by atoms with Crippen LogP contribution in [0.2, 0.25) is 0 Å². The molecular formula is C19H20N4O4S. The van der Waals surface area contributed by atoms with Crippen molar-refractivity contribution in [1.82, 2.24) is 14.9 Å². The fraction of sp³-hybridized carbons (Fsp3) is 0.263. The van der Waals surface area contributed by atoms with E-state index in [-0.39, 0.29) is 11.7 Å². The summed E-state index contributed by atoms with van der Waals surface area (Å²) in [7, 11) is 3.36. The molecule has 2 N–H and O–H groups in total. The van der Waals surface area contributed by atoms with Crippen molar-refractivity contribution in [2.45, 2.75) is 19.9 Å². The summed E-state index contributed by atoms with van der Waals surface area (Å²) in [6, 6.07) is 6.51. The van der Waals surface area contributed by atoms with E-state index in [1.54, 1.807) is 37.1 Å². The molecule has 3 aromatic rings. The van der Waals surface area contributed by atoms with Gasteiger partial charge in [0.2, 0.25) is 5.91 Å². The molecule has 0 unspecified atom stereocenters. The Balaban J connectivity index is 1.71. The number of carbonyl (C=O) groups is 3. The van der Waals surface area contributed by atoms with Crippen LogP contribution in [-0.2, 0) is 11.8 Å². The van der Waals surface area contributed by atoms with Gasteiger partial charge in [0.05, 0.1) is 12.6 Å². The third kappa shape index (κ3) is 3.89. The zero-order valence-corrected chi connectivity index (χ0v) is 16.7. The minimum absolute atomic E-state index is 0.175. The number of nitrogens with zero attached hydrogens (tertiary/aromatic N) is 2. The molecule has 146 valence electrons. The third-order valence-electron chi connectivity index (χ3n) is 4.32. The van der Waals surface area contributed by atoms with Crippen molar-refractivity contribution in [3.8, 4) is 5.75 Å². The van der Waals surface area contributed by atoms with Crippen LogP contribution in [-0.4, -0.2) is 40.3 Å². The molecule has 0 aliphatic heterocycles. The quantitative estimate of drug-likeness (QED) is 0.619. The molecule has 9 heteroatoms. The third-order valence-corrected chi connectivity index (χ3v) is 5.08. The number of aryl methyl sites for hydroxylation is 1. The summed E-state index contributed by atoms with van der Waals surface area (Å²) in [5, 5.41) is 8.07. The van der Waals surface area contributed by atoms with Crippen molar-refractivity contribution in [3.63, 3.8) is 0 Å². The molecule has 0 fully saturated rings. The Morgan fingerprint density at radius 2 is 2.00 bits per heavy atom. The van der Waals surface area contributed by atoms with Crippen LogP contribution in [0.3, 0.4) is 0 Å². The number of methoxy groups -OCH3 is 1. The predicted octanol–water partition coefficient (Wildman–Crippen LogP) is 2.60. The summed E-state index contributed by atoms with van der Waals surface area (Å²) in [6.45, 7) is 2.99. The minimum atomic E-state index is -0.787. The van der Waals surface area contributed by atoms with Gasteiger partial charge < -0.3 is 19.9 Å². The van der Waals surface area contributed by atoms with Gasteiger partial charge in [0.15, 0.2) is 10.9 Å². The molecule has 0 aliphatic carbocycles. The Hall–Kier alpha value is -3.20. The van der Waals surface area contributed by atoms with Crippen LogP contribution in [0.5, 0.6) is 5.75 Å². The van der Waals surface area contributed by atoms with E-state index in [1.165, 1.54) is 6.92 Å². The Bertz CT molecular complexity index is 1070. The number of hydrogen-bond acceptors (Lipinski definition) is 6. The number of Topliss-reactive ketones (excluding diaryl/α,β-unsaturated/α-hetero) is 1. The number of nitrogens with one attached hydrogen (secondary N) is 2. The molecule has 0 aliphatic rings. The number of thiazole rings is 1. The zero-order valence-electron chi connectivity index (χ0n) is 15.9. The largest absolute Gasteiger partial charge is 0.497 e. The Kier molecular flexibility index (Phi) is 5.46. The molecule has 0 radical (unpaired) electrons. The van der Waals surface area contributed by atoms with Gasteiger partial charge in [-0.1, -0.05) is 0 Å². The maximum absolute atomic E-state index is 12.6. The topological polar surface area (TPSA) is 102 Å². The van der Waals surface area contributed by atoms with Gasteiger partial charge in [0.25, 0.3) is 5.91 Å². The lowest BCUT2D eigenvalue weighted by Crippen LogP contribution is -2.42. The summed E-state index contributed by atoms with van der Waals surface area (Å²) >= 11 is 1.16. The minimum Gasteiger partial charge on any atom is -0.497 e. The van der Waals surface area contributed by atoms with Crippen molar-refractivity contribution in [2.24, 2.45) is 7.05 Å². The number of hydrogen-bond donors (Lipinski definition) is 2. The number of fused-ring (bicyclic) bond motifs is 1. The highest BCUT2D eigenvalue weighted by atomic mass is 32.1. The standard InChI is InChI=1S/C19H20N4O4S/c1-10(17(25)22-19-21-14(9-28-19)11(2)24)20-18(26)16-7-12-5-6-13(27-4)8-15(12)23(16)3/h5-10H,1-4H3,(H,20,26)(H,21,22,25)/t10-/m1/s1. The van der Waals surface area contributed by atoms with Gasteiger partial charge in [-0.15, -0.1) is 11.3 Å². The zero-order chi connectivity index (χ0) is 20.4. The van der Waals surface area contributed by atoms with E-state index in [9.17, 15) is 14.4 Å². The van der Waals surface area contributed by atoms with E-state index in [4.69, 9.17) is 4.74 Å². The molecule has 1 atom stereocenters. The lowest BCUT2D eigenvalue weighted by Gasteiger charge is -2.13. The van der Waals surface area contributed by atoms with Crippen LogP contribution in [0.25, 0.3) is 10.9 Å². The van der Waals surface area contributed by atoms with Crippen LogP contribution in [0.1, 0.15) is 34.8 Å². The molecule has 0 saturated heterocycles. The summed E-state index contributed by atoms with van der Waals surface area (Å²) < 4.78 is 6.97. The van der Waals surface area contributed by atoms with Crippen molar-refractivity contribution in [2.75, 3.05) is 12.4 Å². The van der Waals surface area contributed by atoms with Crippen LogP contribution in [0.15, 0.2) is 29.6 Å². The molecule has 28 heavy (non-hydrogen) atoms. The van der Waals surface area contributed by atoms with Gasteiger partial charge in [-0.2, -0.15) is 0 Å². The van der Waals surface area contributed by atoms with Crippen LogP contribution >= 0.6 is 11.3 Å². The highest BCUT2D eigenvalue weighted by Crippen LogP contribution is 2.24. The summed E-state index contributed by atoms with van der Waals surface area (Å²) in [4.78, 5) is 40.3. The number of benzene rings is 1. The number of aromatic nitrogens is 2. The number of ether oxygens (including phenoxy) is 1. The van der Waals surface area contributed by atoms with Gasteiger partial charge in [-0.3, -0.25) is 14.4 Å². The molecule has 2 amide bonds. The van der Waals surface area contributed by atoms with Gasteiger partial charge in [0.1, 0.15) is 23.2 Å². The lowest BCUT2D eigenvalue weighted by molar-refractivity contribution is -0.117. The first-order valence-electron chi connectivity index (χ1n) is 8.51. The van der Waals surface area contributed by atoms with Crippen LogP contribution < -0.4 is 15.4 Å². The molecular weight excluding hydrogens is 380 g/mol. The number of ketones is 1. The van der Waals surface area contributed by atoms with Gasteiger partial charge in [-0.05, 0) is 25.1 Å². The molecule has 2 aromatic heterocycles. The highest BCUT2D eigenvalue weighted by molar-refractivity contribution is 7.14. The van der Waals surface area contributed by atoms with Crippen molar-refractivity contribution in [1.29, 1.82) is 0 Å². The predicted molar refractivity (Wildman–Crippen MR) is 107 cm³/mol. The van der Waals surface area contributed by atoms with Crippen LogP contribution in [0.4, 0.5) is 5.13 Å². The Morgan fingerprint density at radius 3 is 2.64 bits per heavy atom. The van der Waals surface area contributed by atoms with Gasteiger partial charge in [-0.25, -0.2) is 4.98 Å². The molecule has 3 rings (SSSR count). The number of carbonyl (C=O) groups excluding carboxylic acids is 3. The van der Waals surface area contributed by atoms with E-state index in [0.717, 1.165) is 22.2 Å². The Labute approximate surface area is 165 Å². The molecule has 0 spiro atoms. The second kappa shape index (κ2) is 7.81. The number of rotatable bonds is 6. The SMILES string of the molecule is COc1ccc2cc(C(=O)N[C@H](C)C(=O)Nc3nc(C(C)=O)cs3)n(C)c2c1. The molecule has 0 bridgehead atoms. The summed E-state index contributed by atoms with van der Waals surface area (Å²) in [5.41, 5.74) is 1.57. The first-order valence-corrected chi connectivity index (χ1v) is 9.39. The normalized spacial score (nSPS) is 11.9. The second-order valence-electron chi connectivity index (χ2n) is 6.29. The molecule has 1 aromatic carbocycles. The first kappa shape index (κ1) is 19.6. The molecule has 8 nitrogen and oxygen atoms in total. The average molecular weight is 400 g/mol. The van der Waals surface area contributed by atoms with Crippen molar-refractivity contribution < 1.29 is 19.1 Å². The van der Waals surface area contributed by atoms with Crippen molar-refractivity contribution >= 4 is 45.0 Å². The second-order valence-corrected chi connectivity index (χ2v) is 7.15. The maximum Gasteiger partial charge on any atom is 0.268 e. The summed E-state index contributed by atoms with van der Waals surface area (Å²) in [6.07, 6.45) is 0. The van der Waals surface area contributed by atoms with Crippen LogP contribution in [0, 0.1) is 0 Å². The van der Waals surface area contributed by atoms with E-state index in [1.807, 2.05) is 18.2 Å². The average Bonchev–Trinajstić information content (AvgIpc) is 3.26. The monoisotopic (exact) mass is 400 g/mol. The highest BCUT2D eigenvalue weighted by Gasteiger charge is 2.21. The number of anilines is 1. The fourth-order valence-corrected chi connectivity index (χ4v) is 3.45. The van der Waals surface area contributed by atoms with Crippen molar-refractivity contribution in [3.05, 3.63) is 41.0 Å². The smallest absolute Gasteiger partial charge is 0.268 e. The maximum atomic E-state index is 12.6. The Morgan fingerprint density at radius 1 is 1.25 bits per heavy atom. The fourth-order valence-electron chi connectivity index (χ4n) is 2.70. The van der Waals surface area contributed by atoms with E-state index < -0.39 is 11.9 Å². The summed E-state index contributed by atoms with van der Waals surface area (Å²) in [5.74, 6) is -0.269. The molecule has 2 heterocycles. The van der Waals surface area contributed by atoms with Gasteiger partial charge in [0, 0.05) is 30.8 Å².